The van der Waals surface area contributed by atoms with E-state index in [4.69, 9.17) is 23.2 Å². The van der Waals surface area contributed by atoms with E-state index in [9.17, 15) is 32.7 Å². The van der Waals surface area contributed by atoms with Crippen molar-refractivity contribution >= 4 is 63.3 Å². The maximum Gasteiger partial charge on any atom is 0.345 e. The predicted molar refractivity (Wildman–Crippen MR) is 132 cm³/mol. The summed E-state index contributed by atoms with van der Waals surface area (Å²) in [4.78, 5) is 33.5. The highest BCUT2D eigenvalue weighted by Gasteiger charge is 2.33. The molecule has 1 aliphatic heterocycles. The molecule has 1 aromatic heterocycles. The minimum absolute atomic E-state index is 0.0197. The summed E-state index contributed by atoms with van der Waals surface area (Å²) in [7, 11) is -7.66. The lowest BCUT2D eigenvalue weighted by Gasteiger charge is -2.25. The van der Waals surface area contributed by atoms with Gasteiger partial charge in [-0.05, 0) is 42.8 Å². The number of halogens is 2. The second-order valence-electron chi connectivity index (χ2n) is 8.31. The quantitative estimate of drug-likeness (QED) is 0.393. The van der Waals surface area contributed by atoms with E-state index in [1.807, 2.05) is 0 Å². The minimum atomic E-state index is -4.84. The van der Waals surface area contributed by atoms with E-state index in [1.165, 1.54) is 24.3 Å². The molecule has 14 heteroatoms. The molecule has 1 unspecified atom stereocenters. The molecule has 4 rings (SSSR count). The van der Waals surface area contributed by atoms with Gasteiger partial charge in [-0.2, -0.15) is 0 Å². The summed E-state index contributed by atoms with van der Waals surface area (Å²) in [5, 5.41) is 10.4. The van der Waals surface area contributed by atoms with Gasteiger partial charge in [0.05, 0.1) is 27.8 Å². The van der Waals surface area contributed by atoms with Crippen LogP contribution < -0.4 is 4.31 Å². The smallest absolute Gasteiger partial charge is 0.345 e. The largest absolute Gasteiger partial charge is 0.391 e. The predicted octanol–water partition coefficient (Wildman–Crippen LogP) is 3.02. The van der Waals surface area contributed by atoms with Crippen molar-refractivity contribution in [1.82, 2.24) is 9.47 Å². The molecule has 0 aliphatic carbocycles. The number of aryl methyl sites for hydroxylation is 1. The number of aliphatic hydroxyl groups is 1. The van der Waals surface area contributed by atoms with Crippen LogP contribution in [0.15, 0.2) is 47.5 Å². The molecule has 3 aromatic rings. The van der Waals surface area contributed by atoms with Crippen molar-refractivity contribution in [3.63, 3.8) is 0 Å². The molecular weight excluding hydrogens is 540 g/mol. The second-order valence-corrected chi connectivity index (χ2v) is 12.7. The van der Waals surface area contributed by atoms with E-state index < -0.39 is 30.0 Å². The van der Waals surface area contributed by atoms with Crippen LogP contribution >= 0.6 is 30.8 Å². The Morgan fingerprint density at radius 3 is 2.40 bits per heavy atom. The Hall–Kier alpha value is -2.11. The zero-order valence-electron chi connectivity index (χ0n) is 18.4. The van der Waals surface area contributed by atoms with Gasteiger partial charge in [0.2, 0.25) is 0 Å². The van der Waals surface area contributed by atoms with Crippen LogP contribution in [0.4, 0.5) is 5.69 Å². The number of hydrogen-bond acceptors (Lipinski definition) is 5. The highest BCUT2D eigenvalue weighted by atomic mass is 35.5. The second kappa shape index (κ2) is 9.40. The summed E-state index contributed by atoms with van der Waals surface area (Å²) >= 11 is 11.9. The summed E-state index contributed by atoms with van der Waals surface area (Å²) in [6.45, 7) is 0.648. The van der Waals surface area contributed by atoms with Crippen LogP contribution in [-0.2, 0) is 21.6 Å². The molecule has 35 heavy (non-hydrogen) atoms. The Bertz CT molecular complexity index is 1450. The number of rotatable bonds is 6. The van der Waals surface area contributed by atoms with Gasteiger partial charge < -0.3 is 24.4 Å². The third kappa shape index (κ3) is 5.36. The molecule has 1 amide bonds. The lowest BCUT2D eigenvalue weighted by Crippen LogP contribution is -2.32. The number of amides is 1. The van der Waals surface area contributed by atoms with Crippen molar-refractivity contribution < 1.29 is 32.7 Å². The normalized spacial score (nSPS) is 16.7. The minimum Gasteiger partial charge on any atom is -0.391 e. The molecule has 188 valence electrons. The molecule has 1 aliphatic rings. The number of carbonyl (C=O) groups excluding carboxylic acids is 1. The van der Waals surface area contributed by atoms with Crippen LogP contribution in [0.2, 0.25) is 10.0 Å². The van der Waals surface area contributed by atoms with Gasteiger partial charge in [-0.25, -0.2) is 8.42 Å². The van der Waals surface area contributed by atoms with Crippen molar-refractivity contribution in [2.24, 2.45) is 7.05 Å². The maximum atomic E-state index is 13.4. The summed E-state index contributed by atoms with van der Waals surface area (Å²) in [6.07, 6.45) is 0.392. The average molecular weight is 562 g/mol. The first-order valence-electron chi connectivity index (χ1n) is 10.4. The molecule has 1 fully saturated rings. The monoisotopic (exact) mass is 561 g/mol. The van der Waals surface area contributed by atoms with Gasteiger partial charge in [0.15, 0.2) is 0 Å². The number of benzene rings is 2. The van der Waals surface area contributed by atoms with Gasteiger partial charge in [-0.1, -0.05) is 23.2 Å². The molecule has 0 radical (unpaired) electrons. The van der Waals surface area contributed by atoms with Gasteiger partial charge in [0.1, 0.15) is 6.29 Å². The Labute approximate surface area is 211 Å². The zero-order chi connectivity index (χ0) is 25.7. The summed E-state index contributed by atoms with van der Waals surface area (Å²) in [6, 6.07) is 7.94. The molecule has 10 nitrogen and oxygen atoms in total. The molecule has 0 bridgehead atoms. The Morgan fingerprint density at radius 1 is 1.17 bits per heavy atom. The van der Waals surface area contributed by atoms with E-state index in [2.05, 4.69) is 0 Å². The number of fused-ring (bicyclic) bond motifs is 1. The number of aromatic nitrogens is 1. The van der Waals surface area contributed by atoms with Crippen LogP contribution in [0.1, 0.15) is 16.8 Å². The van der Waals surface area contributed by atoms with Gasteiger partial charge in [0.25, 0.3) is 15.9 Å². The third-order valence-corrected chi connectivity index (χ3v) is 8.71. The zero-order valence-corrected chi connectivity index (χ0v) is 21.6. The van der Waals surface area contributed by atoms with Crippen molar-refractivity contribution in [3.8, 4) is 0 Å². The summed E-state index contributed by atoms with van der Waals surface area (Å²) in [5.41, 5.74) is 0.823. The van der Waals surface area contributed by atoms with Crippen molar-refractivity contribution in [2.75, 3.05) is 23.7 Å². The van der Waals surface area contributed by atoms with Crippen LogP contribution in [-0.4, -0.2) is 64.2 Å². The standard InChI is InChI=1S/C21H22Cl2N3O7PS/c1-24-11-19(21(28)25-5-4-16(27)10-25)18-3-2-15(9-20(18)24)26(12-34(29,30)31)35(32,33)17-7-13(22)6-14(23)8-17/h2-3,6-9,11,16,27H,4-5,10,12H2,1H3,(H2,29,30,31). The SMILES string of the molecule is Cn1cc(C(=O)N2CCC(O)C2)c2ccc(N(CP(=O)(O)O)S(=O)(=O)c3cc(Cl)cc(Cl)c3)cc21. The highest BCUT2D eigenvalue weighted by Crippen LogP contribution is 2.41. The summed E-state index contributed by atoms with van der Waals surface area (Å²) < 4.78 is 41.0. The van der Waals surface area contributed by atoms with Crippen molar-refractivity contribution in [3.05, 3.63) is 58.2 Å². The van der Waals surface area contributed by atoms with Crippen LogP contribution in [0.25, 0.3) is 10.9 Å². The molecule has 1 saturated heterocycles. The van der Waals surface area contributed by atoms with Crippen LogP contribution in [0.5, 0.6) is 0 Å². The van der Waals surface area contributed by atoms with Gasteiger partial charge in [0, 0.05) is 41.8 Å². The van der Waals surface area contributed by atoms with Crippen molar-refractivity contribution in [2.45, 2.75) is 17.4 Å². The first-order valence-corrected chi connectivity index (χ1v) is 14.4. The topological polar surface area (TPSA) is 140 Å². The van der Waals surface area contributed by atoms with E-state index >= 15 is 0 Å². The van der Waals surface area contributed by atoms with Crippen LogP contribution in [0, 0.1) is 0 Å². The molecular formula is C21H22Cl2N3O7PS. The lowest BCUT2D eigenvalue weighted by molar-refractivity contribution is 0.0766. The van der Waals surface area contributed by atoms with E-state index in [0.717, 1.165) is 12.1 Å². The number of sulfonamides is 1. The number of β-amino-alcohol motifs (C(OH)–C–C–N with tert-alkyl or cyclic N) is 1. The molecule has 1 atom stereocenters. The number of anilines is 1. The fourth-order valence-electron chi connectivity index (χ4n) is 4.06. The molecule has 2 heterocycles. The first kappa shape index (κ1) is 26.0. The molecule has 0 spiro atoms. The Kier molecular flexibility index (Phi) is 6.98. The maximum absolute atomic E-state index is 13.4. The van der Waals surface area contributed by atoms with E-state index in [-0.39, 0.29) is 33.1 Å². The first-order chi connectivity index (χ1) is 16.3. The molecule has 3 N–H and O–H groups in total. The highest BCUT2D eigenvalue weighted by molar-refractivity contribution is 7.93. The molecule has 2 aromatic carbocycles. The number of aliphatic hydroxyl groups excluding tert-OH is 1. The van der Waals surface area contributed by atoms with Gasteiger partial charge in [-0.15, -0.1) is 0 Å². The number of nitrogens with zero attached hydrogens (tertiary/aromatic N) is 3. The average Bonchev–Trinajstić information content (AvgIpc) is 3.33. The fraction of sp³-hybridized carbons (Fsp3) is 0.286. The number of hydrogen-bond donors (Lipinski definition) is 3. The third-order valence-electron chi connectivity index (χ3n) is 5.68. The van der Waals surface area contributed by atoms with E-state index in [1.54, 1.807) is 22.7 Å². The number of carbonyl (C=O) groups is 1. The summed E-state index contributed by atoms with van der Waals surface area (Å²) in [5.74, 6) is -0.270. The Morgan fingerprint density at radius 2 is 1.83 bits per heavy atom. The number of likely N-dealkylation sites (tertiary alicyclic amines) is 1. The Balaban J connectivity index is 1.81. The van der Waals surface area contributed by atoms with Crippen molar-refractivity contribution in [1.29, 1.82) is 0 Å². The van der Waals surface area contributed by atoms with Gasteiger partial charge in [-0.3, -0.25) is 13.7 Å². The lowest BCUT2D eigenvalue weighted by atomic mass is 10.1. The van der Waals surface area contributed by atoms with Gasteiger partial charge >= 0.3 is 7.60 Å². The fourth-order valence-corrected chi connectivity index (χ4v) is 7.47. The van der Waals surface area contributed by atoms with Crippen LogP contribution in [0.3, 0.4) is 0 Å². The molecule has 0 saturated carbocycles. The van der Waals surface area contributed by atoms with E-state index in [0.29, 0.717) is 33.7 Å².